The molecule has 1 atom stereocenters. The predicted molar refractivity (Wildman–Crippen MR) is 76.2 cm³/mol. The molecule has 1 rings (SSSR count). The molecule has 0 fully saturated rings. The molecule has 7 heteroatoms. The SMILES string of the molecule is CCN(CC)CC(C)NS(=O)(=O)c1ccc(N)nc1. The van der Waals surface area contributed by atoms with Gasteiger partial charge >= 0.3 is 0 Å². The summed E-state index contributed by atoms with van der Waals surface area (Å²) in [5.41, 5.74) is 5.44. The Morgan fingerprint density at radius 1 is 1.37 bits per heavy atom. The van der Waals surface area contributed by atoms with Gasteiger partial charge in [-0.3, -0.25) is 0 Å². The lowest BCUT2D eigenvalue weighted by molar-refractivity contribution is 0.282. The van der Waals surface area contributed by atoms with Gasteiger partial charge in [-0.15, -0.1) is 0 Å². The largest absolute Gasteiger partial charge is 0.384 e. The first-order valence-corrected chi connectivity index (χ1v) is 7.83. The molecule has 0 aliphatic heterocycles. The van der Waals surface area contributed by atoms with E-state index in [1.807, 2.05) is 6.92 Å². The average molecular weight is 286 g/mol. The molecule has 1 aromatic heterocycles. The Morgan fingerprint density at radius 2 is 2.00 bits per heavy atom. The Kier molecular flexibility index (Phi) is 5.71. The number of hydrogen-bond donors (Lipinski definition) is 2. The zero-order valence-electron chi connectivity index (χ0n) is 11.6. The first kappa shape index (κ1) is 15.9. The Morgan fingerprint density at radius 3 is 2.47 bits per heavy atom. The van der Waals surface area contributed by atoms with Gasteiger partial charge < -0.3 is 10.6 Å². The number of rotatable bonds is 7. The van der Waals surface area contributed by atoms with Crippen molar-refractivity contribution in [3.05, 3.63) is 18.3 Å². The lowest BCUT2D eigenvalue weighted by Gasteiger charge is -2.23. The number of nitrogens with one attached hydrogen (secondary N) is 1. The van der Waals surface area contributed by atoms with Gasteiger partial charge in [0.05, 0.1) is 0 Å². The van der Waals surface area contributed by atoms with Gasteiger partial charge in [-0.05, 0) is 32.1 Å². The van der Waals surface area contributed by atoms with Crippen molar-refractivity contribution in [2.45, 2.75) is 31.7 Å². The molecule has 1 aromatic rings. The highest BCUT2D eigenvalue weighted by Gasteiger charge is 2.18. The van der Waals surface area contributed by atoms with E-state index in [0.717, 1.165) is 13.1 Å². The highest BCUT2D eigenvalue weighted by atomic mass is 32.2. The molecular formula is C12H22N4O2S. The number of pyridine rings is 1. The second kappa shape index (κ2) is 6.83. The Labute approximate surface area is 115 Å². The fraction of sp³-hybridized carbons (Fsp3) is 0.583. The van der Waals surface area contributed by atoms with Gasteiger partial charge in [0.15, 0.2) is 0 Å². The minimum absolute atomic E-state index is 0.132. The van der Waals surface area contributed by atoms with Crippen molar-refractivity contribution in [3.8, 4) is 0 Å². The maximum Gasteiger partial charge on any atom is 0.242 e. The van der Waals surface area contributed by atoms with Gasteiger partial charge in [-0.2, -0.15) is 0 Å². The van der Waals surface area contributed by atoms with Crippen LogP contribution in [0.4, 0.5) is 5.82 Å². The van der Waals surface area contributed by atoms with Crippen molar-refractivity contribution < 1.29 is 8.42 Å². The summed E-state index contributed by atoms with van der Waals surface area (Å²) < 4.78 is 26.8. The fourth-order valence-corrected chi connectivity index (χ4v) is 2.97. The van der Waals surface area contributed by atoms with Crippen molar-refractivity contribution in [2.75, 3.05) is 25.4 Å². The molecule has 0 saturated heterocycles. The summed E-state index contributed by atoms with van der Waals surface area (Å²) in [7, 11) is -3.53. The molecular weight excluding hydrogens is 264 g/mol. The van der Waals surface area contributed by atoms with Crippen LogP contribution in [-0.2, 0) is 10.0 Å². The molecule has 19 heavy (non-hydrogen) atoms. The molecule has 0 bridgehead atoms. The van der Waals surface area contributed by atoms with Crippen LogP contribution in [0.1, 0.15) is 20.8 Å². The van der Waals surface area contributed by atoms with Gasteiger partial charge in [0.2, 0.25) is 10.0 Å². The molecule has 0 aliphatic rings. The Hall–Kier alpha value is -1.18. The van der Waals surface area contributed by atoms with Crippen LogP contribution in [0.3, 0.4) is 0 Å². The van der Waals surface area contributed by atoms with E-state index in [1.165, 1.54) is 18.3 Å². The standard InChI is InChI=1S/C12H22N4O2S/c1-4-16(5-2)9-10(3)15-19(17,18)11-6-7-12(13)14-8-11/h6-8,10,15H,4-5,9H2,1-3H3,(H2,13,14). The Bertz CT molecular complexity index is 483. The molecule has 0 aromatic carbocycles. The van der Waals surface area contributed by atoms with E-state index >= 15 is 0 Å². The second-order valence-electron chi connectivity index (χ2n) is 4.43. The number of likely N-dealkylation sites (N-methyl/N-ethyl adjacent to an activating group) is 1. The van der Waals surface area contributed by atoms with Crippen LogP contribution in [0.5, 0.6) is 0 Å². The maximum absolute atomic E-state index is 12.1. The van der Waals surface area contributed by atoms with Gasteiger partial charge in [-0.1, -0.05) is 13.8 Å². The second-order valence-corrected chi connectivity index (χ2v) is 6.14. The number of nitrogens with two attached hydrogens (primary N) is 1. The third kappa shape index (κ3) is 4.77. The molecule has 0 amide bonds. The molecule has 1 unspecified atom stereocenters. The summed E-state index contributed by atoms with van der Waals surface area (Å²) in [6, 6.07) is 2.76. The van der Waals surface area contributed by atoms with Crippen LogP contribution in [0.25, 0.3) is 0 Å². The van der Waals surface area contributed by atoms with E-state index in [2.05, 4.69) is 28.5 Å². The van der Waals surface area contributed by atoms with Crippen molar-refractivity contribution in [2.24, 2.45) is 0 Å². The van der Waals surface area contributed by atoms with Crippen LogP contribution in [-0.4, -0.2) is 44.0 Å². The molecule has 0 aliphatic carbocycles. The summed E-state index contributed by atoms with van der Waals surface area (Å²) in [5.74, 6) is 0.301. The predicted octanol–water partition coefficient (Wildman–Crippen LogP) is 0.672. The molecule has 1 heterocycles. The topological polar surface area (TPSA) is 88.3 Å². The zero-order valence-corrected chi connectivity index (χ0v) is 12.4. The van der Waals surface area contributed by atoms with E-state index in [4.69, 9.17) is 5.73 Å². The quantitative estimate of drug-likeness (QED) is 0.769. The van der Waals surface area contributed by atoms with Gasteiger partial charge in [0, 0.05) is 18.8 Å². The smallest absolute Gasteiger partial charge is 0.242 e. The summed E-state index contributed by atoms with van der Waals surface area (Å²) in [6.07, 6.45) is 1.27. The van der Waals surface area contributed by atoms with Crippen LogP contribution in [0.2, 0.25) is 0 Å². The van der Waals surface area contributed by atoms with E-state index < -0.39 is 10.0 Å². The average Bonchev–Trinajstić information content (AvgIpc) is 2.35. The number of anilines is 1. The van der Waals surface area contributed by atoms with Crippen LogP contribution in [0, 0.1) is 0 Å². The minimum Gasteiger partial charge on any atom is -0.384 e. The van der Waals surface area contributed by atoms with Gasteiger partial charge in [-0.25, -0.2) is 18.1 Å². The molecule has 3 N–H and O–H groups in total. The fourth-order valence-electron chi connectivity index (χ4n) is 1.79. The number of aromatic nitrogens is 1. The van der Waals surface area contributed by atoms with Crippen molar-refractivity contribution >= 4 is 15.8 Å². The van der Waals surface area contributed by atoms with Crippen LogP contribution < -0.4 is 10.5 Å². The molecule has 0 spiro atoms. The van der Waals surface area contributed by atoms with E-state index in [-0.39, 0.29) is 10.9 Å². The monoisotopic (exact) mass is 286 g/mol. The first-order valence-electron chi connectivity index (χ1n) is 6.35. The number of hydrogen-bond acceptors (Lipinski definition) is 5. The van der Waals surface area contributed by atoms with E-state index in [1.54, 1.807) is 0 Å². The summed E-state index contributed by atoms with van der Waals surface area (Å²) in [4.78, 5) is 6.09. The lowest BCUT2D eigenvalue weighted by Crippen LogP contribution is -2.41. The third-order valence-corrected chi connectivity index (χ3v) is 4.43. The normalized spacial score (nSPS) is 13.7. The van der Waals surface area contributed by atoms with E-state index in [9.17, 15) is 8.42 Å². The van der Waals surface area contributed by atoms with Gasteiger partial charge in [0.25, 0.3) is 0 Å². The zero-order chi connectivity index (χ0) is 14.5. The number of nitrogen functional groups attached to an aromatic ring is 1. The molecule has 6 nitrogen and oxygen atoms in total. The summed E-state index contributed by atoms with van der Waals surface area (Å²) >= 11 is 0. The van der Waals surface area contributed by atoms with Crippen molar-refractivity contribution in [1.29, 1.82) is 0 Å². The lowest BCUT2D eigenvalue weighted by atomic mass is 10.3. The summed E-state index contributed by atoms with van der Waals surface area (Å²) in [5, 5.41) is 0. The van der Waals surface area contributed by atoms with Crippen molar-refractivity contribution in [3.63, 3.8) is 0 Å². The minimum atomic E-state index is -3.53. The van der Waals surface area contributed by atoms with Crippen LogP contribution >= 0.6 is 0 Å². The first-order chi connectivity index (χ1) is 8.89. The number of sulfonamides is 1. The van der Waals surface area contributed by atoms with Crippen LogP contribution in [0.15, 0.2) is 23.2 Å². The highest BCUT2D eigenvalue weighted by Crippen LogP contribution is 2.09. The maximum atomic E-state index is 12.1. The van der Waals surface area contributed by atoms with Crippen molar-refractivity contribution in [1.82, 2.24) is 14.6 Å². The molecule has 0 saturated carbocycles. The Balaban J connectivity index is 2.71. The highest BCUT2D eigenvalue weighted by molar-refractivity contribution is 7.89. The number of nitrogens with zero attached hydrogens (tertiary/aromatic N) is 2. The summed E-state index contributed by atoms with van der Waals surface area (Å²) in [6.45, 7) is 8.41. The van der Waals surface area contributed by atoms with Gasteiger partial charge in [0.1, 0.15) is 10.7 Å². The molecule has 108 valence electrons. The van der Waals surface area contributed by atoms with E-state index in [0.29, 0.717) is 12.4 Å². The third-order valence-electron chi connectivity index (χ3n) is 2.85. The molecule has 0 radical (unpaired) electrons.